The number of hydrogen-bond acceptors (Lipinski definition) is 3. The molecular weight excluding hydrogens is 246 g/mol. The van der Waals surface area contributed by atoms with Crippen LogP contribution in [0.3, 0.4) is 0 Å². The van der Waals surface area contributed by atoms with Crippen molar-refractivity contribution in [3.63, 3.8) is 0 Å². The minimum atomic E-state index is 0.725. The Balaban J connectivity index is 2.25. The van der Waals surface area contributed by atoms with E-state index in [0.29, 0.717) is 0 Å². The molecule has 0 bridgehead atoms. The molecule has 88 valence electrons. The lowest BCUT2D eigenvalue weighted by atomic mass is 10.1. The summed E-state index contributed by atoms with van der Waals surface area (Å²) in [7, 11) is 0. The van der Waals surface area contributed by atoms with Crippen molar-refractivity contribution < 1.29 is 0 Å². The molecule has 18 heavy (non-hydrogen) atoms. The average molecular weight is 256 g/mol. The molecule has 0 fully saturated rings. The van der Waals surface area contributed by atoms with Gasteiger partial charge in [-0.25, -0.2) is 15.0 Å². The number of benzene rings is 1. The number of nitrogens with zero attached hydrogens (tertiary/aromatic N) is 3. The van der Waals surface area contributed by atoms with Crippen molar-refractivity contribution in [1.82, 2.24) is 15.0 Å². The Labute approximate surface area is 109 Å². The van der Waals surface area contributed by atoms with Crippen molar-refractivity contribution in [2.75, 3.05) is 0 Å². The van der Waals surface area contributed by atoms with E-state index in [1.165, 1.54) is 6.33 Å². The van der Waals surface area contributed by atoms with E-state index >= 15 is 0 Å². The predicted octanol–water partition coefficient (Wildman–Crippen LogP) is 3.65. The lowest BCUT2D eigenvalue weighted by molar-refractivity contribution is 1.16. The third kappa shape index (κ3) is 1.93. The summed E-state index contributed by atoms with van der Waals surface area (Å²) in [6.07, 6.45) is 5.03. The molecular formula is C14H10ClN3. The second-order valence-electron chi connectivity index (χ2n) is 4.11. The smallest absolute Gasteiger partial charge is 0.115 e. The van der Waals surface area contributed by atoms with Gasteiger partial charge in [0.15, 0.2) is 0 Å². The van der Waals surface area contributed by atoms with Gasteiger partial charge in [0.05, 0.1) is 11.2 Å². The lowest BCUT2D eigenvalue weighted by Gasteiger charge is -2.06. The second kappa shape index (κ2) is 4.35. The van der Waals surface area contributed by atoms with Gasteiger partial charge < -0.3 is 0 Å². The van der Waals surface area contributed by atoms with Crippen LogP contribution in [-0.4, -0.2) is 15.0 Å². The zero-order chi connectivity index (χ0) is 12.5. The van der Waals surface area contributed by atoms with E-state index in [9.17, 15) is 0 Å². The summed E-state index contributed by atoms with van der Waals surface area (Å²) in [5.41, 5.74) is 3.86. The standard InChI is InChI=1S/C14H10ClN3/c1-9-4-14(10-6-16-8-17-7-10)18-13-3-2-11(15)5-12(9)13/h2-8H,1H3. The molecule has 2 heterocycles. The average Bonchev–Trinajstić information content (AvgIpc) is 2.40. The van der Waals surface area contributed by atoms with Gasteiger partial charge in [-0.2, -0.15) is 0 Å². The third-order valence-electron chi connectivity index (χ3n) is 2.83. The van der Waals surface area contributed by atoms with Crippen LogP contribution in [0.2, 0.25) is 5.02 Å². The van der Waals surface area contributed by atoms with E-state index in [1.807, 2.05) is 31.2 Å². The lowest BCUT2D eigenvalue weighted by Crippen LogP contribution is -1.90. The monoisotopic (exact) mass is 255 g/mol. The molecule has 4 heteroatoms. The van der Waals surface area contributed by atoms with Gasteiger partial charge in [-0.1, -0.05) is 11.6 Å². The van der Waals surface area contributed by atoms with Gasteiger partial charge in [-0.05, 0) is 36.8 Å². The first-order valence-electron chi connectivity index (χ1n) is 5.56. The highest BCUT2D eigenvalue weighted by molar-refractivity contribution is 6.31. The molecule has 0 saturated heterocycles. The van der Waals surface area contributed by atoms with Crippen LogP contribution in [-0.2, 0) is 0 Å². The summed E-state index contributed by atoms with van der Waals surface area (Å²) >= 11 is 6.00. The SMILES string of the molecule is Cc1cc(-c2cncnc2)nc2ccc(Cl)cc12. The Hall–Kier alpha value is -2.00. The summed E-state index contributed by atoms with van der Waals surface area (Å²) in [5, 5.41) is 1.80. The highest BCUT2D eigenvalue weighted by atomic mass is 35.5. The number of pyridine rings is 1. The zero-order valence-electron chi connectivity index (χ0n) is 9.76. The molecule has 1 aromatic carbocycles. The quantitative estimate of drug-likeness (QED) is 0.666. The zero-order valence-corrected chi connectivity index (χ0v) is 10.5. The summed E-state index contributed by atoms with van der Waals surface area (Å²) in [5.74, 6) is 0. The second-order valence-corrected chi connectivity index (χ2v) is 4.55. The van der Waals surface area contributed by atoms with E-state index in [4.69, 9.17) is 11.6 Å². The molecule has 2 aromatic heterocycles. The number of hydrogen-bond donors (Lipinski definition) is 0. The number of aryl methyl sites for hydroxylation is 1. The maximum absolute atomic E-state index is 6.00. The molecule has 0 radical (unpaired) electrons. The topological polar surface area (TPSA) is 38.7 Å². The first kappa shape index (κ1) is 11.1. The van der Waals surface area contributed by atoms with E-state index in [2.05, 4.69) is 15.0 Å². The summed E-state index contributed by atoms with van der Waals surface area (Å²) in [6, 6.07) is 7.74. The summed E-state index contributed by atoms with van der Waals surface area (Å²) in [4.78, 5) is 12.6. The van der Waals surface area contributed by atoms with Crippen LogP contribution in [0.15, 0.2) is 43.0 Å². The Kier molecular flexibility index (Phi) is 2.68. The van der Waals surface area contributed by atoms with Gasteiger partial charge in [0, 0.05) is 28.4 Å². The van der Waals surface area contributed by atoms with E-state index in [1.54, 1.807) is 12.4 Å². The largest absolute Gasteiger partial charge is 0.248 e. The first-order chi connectivity index (χ1) is 8.74. The Morgan fingerprint density at radius 3 is 2.61 bits per heavy atom. The molecule has 0 aliphatic carbocycles. The highest BCUT2D eigenvalue weighted by Crippen LogP contribution is 2.25. The van der Waals surface area contributed by atoms with Crippen molar-refractivity contribution in [2.24, 2.45) is 0 Å². The molecule has 0 aliphatic heterocycles. The van der Waals surface area contributed by atoms with Gasteiger partial charge in [0.25, 0.3) is 0 Å². The minimum absolute atomic E-state index is 0.725. The van der Waals surface area contributed by atoms with Crippen molar-refractivity contribution in [3.8, 4) is 11.3 Å². The maximum Gasteiger partial charge on any atom is 0.115 e. The molecule has 0 unspecified atom stereocenters. The van der Waals surface area contributed by atoms with Crippen LogP contribution in [0.5, 0.6) is 0 Å². The van der Waals surface area contributed by atoms with Crippen LogP contribution >= 0.6 is 11.6 Å². The van der Waals surface area contributed by atoms with E-state index < -0.39 is 0 Å². The summed E-state index contributed by atoms with van der Waals surface area (Å²) in [6.45, 7) is 2.05. The Bertz CT molecular complexity index is 711. The molecule has 0 spiro atoms. The normalized spacial score (nSPS) is 10.8. The van der Waals surface area contributed by atoms with Gasteiger partial charge in [0.1, 0.15) is 6.33 Å². The fourth-order valence-corrected chi connectivity index (χ4v) is 2.12. The fraction of sp³-hybridized carbons (Fsp3) is 0.0714. The van der Waals surface area contributed by atoms with E-state index in [0.717, 1.165) is 32.7 Å². The molecule has 0 N–H and O–H groups in total. The molecule has 0 amide bonds. The van der Waals surface area contributed by atoms with Crippen LogP contribution in [0, 0.1) is 6.92 Å². The predicted molar refractivity (Wildman–Crippen MR) is 72.5 cm³/mol. The molecule has 3 rings (SSSR count). The van der Waals surface area contributed by atoms with Crippen molar-refractivity contribution in [2.45, 2.75) is 6.92 Å². The molecule has 0 saturated carbocycles. The molecule has 0 aliphatic rings. The molecule has 3 nitrogen and oxygen atoms in total. The van der Waals surface area contributed by atoms with Crippen molar-refractivity contribution >= 4 is 22.5 Å². The van der Waals surface area contributed by atoms with Gasteiger partial charge in [0.2, 0.25) is 0 Å². The maximum atomic E-state index is 6.00. The number of halogens is 1. The van der Waals surface area contributed by atoms with Gasteiger partial charge in [-0.3, -0.25) is 0 Å². The highest BCUT2D eigenvalue weighted by Gasteiger charge is 2.05. The van der Waals surface area contributed by atoms with Gasteiger partial charge in [-0.15, -0.1) is 0 Å². The van der Waals surface area contributed by atoms with Crippen LogP contribution in [0.25, 0.3) is 22.2 Å². The Morgan fingerprint density at radius 1 is 1.06 bits per heavy atom. The third-order valence-corrected chi connectivity index (χ3v) is 3.07. The molecule has 3 aromatic rings. The summed E-state index contributed by atoms with van der Waals surface area (Å²) < 4.78 is 0. The van der Waals surface area contributed by atoms with Crippen molar-refractivity contribution in [1.29, 1.82) is 0 Å². The molecule has 0 atom stereocenters. The fourth-order valence-electron chi connectivity index (χ4n) is 1.95. The van der Waals surface area contributed by atoms with Crippen LogP contribution in [0.4, 0.5) is 0 Å². The number of rotatable bonds is 1. The van der Waals surface area contributed by atoms with E-state index in [-0.39, 0.29) is 0 Å². The minimum Gasteiger partial charge on any atom is -0.248 e. The van der Waals surface area contributed by atoms with Crippen molar-refractivity contribution in [3.05, 3.63) is 53.6 Å². The Morgan fingerprint density at radius 2 is 1.83 bits per heavy atom. The van der Waals surface area contributed by atoms with Gasteiger partial charge >= 0.3 is 0 Å². The number of aromatic nitrogens is 3. The first-order valence-corrected chi connectivity index (χ1v) is 5.94. The van der Waals surface area contributed by atoms with Crippen LogP contribution in [0.1, 0.15) is 5.56 Å². The van der Waals surface area contributed by atoms with Crippen LogP contribution < -0.4 is 0 Å². The number of fused-ring (bicyclic) bond motifs is 1.